The number of nitrogens with one attached hydrogen (secondary N) is 1. The molecular weight excluding hydrogens is 324 g/mol. The maximum absolute atomic E-state index is 12.4. The second-order valence-electron chi connectivity index (χ2n) is 7.56. The van der Waals surface area contributed by atoms with Crippen molar-refractivity contribution in [2.75, 3.05) is 31.1 Å². The summed E-state index contributed by atoms with van der Waals surface area (Å²) in [6.45, 7) is 5.67. The van der Waals surface area contributed by atoms with Crippen molar-refractivity contribution in [2.24, 2.45) is 0 Å². The molecule has 1 amide bonds. The Kier molecular flexibility index (Phi) is 4.71. The molecule has 0 bridgehead atoms. The van der Waals surface area contributed by atoms with E-state index in [2.05, 4.69) is 37.4 Å². The van der Waals surface area contributed by atoms with Crippen molar-refractivity contribution in [3.8, 4) is 0 Å². The zero-order chi connectivity index (χ0) is 17.4. The molecule has 1 aromatic carbocycles. The summed E-state index contributed by atoms with van der Waals surface area (Å²) in [5.41, 5.74) is 2.66. The van der Waals surface area contributed by atoms with Crippen LogP contribution in [0.2, 0.25) is 0 Å². The van der Waals surface area contributed by atoms with Gasteiger partial charge in [0.05, 0.1) is 24.1 Å². The minimum absolute atomic E-state index is 0.0196. The first-order valence-corrected chi connectivity index (χ1v) is 10.4. The second-order valence-corrected chi connectivity index (χ2v) is 9.86. The van der Waals surface area contributed by atoms with E-state index >= 15 is 0 Å². The van der Waals surface area contributed by atoms with Crippen molar-refractivity contribution in [3.63, 3.8) is 0 Å². The molecule has 3 rings (SSSR count). The average molecular weight is 350 g/mol. The smallest absolute Gasteiger partial charge is 0.234 e. The standard InChI is InChI=1S/C18H26N2O3S/c1-18(2)8-7-16(14-5-3-4-6-15(14)18)19-17(21)13-20-9-11-24(22,23)12-10-20/h3-6,16H,7-13H2,1-2H3,(H,19,21)/t16-/m0/s1. The number of benzene rings is 1. The Hall–Kier alpha value is -1.40. The van der Waals surface area contributed by atoms with Crippen molar-refractivity contribution >= 4 is 15.7 Å². The van der Waals surface area contributed by atoms with Crippen LogP contribution in [-0.4, -0.2) is 50.4 Å². The Labute approximate surface area is 144 Å². The second kappa shape index (κ2) is 6.48. The SMILES string of the molecule is CC1(C)CC[C@H](NC(=O)CN2CCS(=O)(=O)CC2)c2ccccc21. The minimum atomic E-state index is -2.91. The summed E-state index contributed by atoms with van der Waals surface area (Å²) in [6, 6.07) is 8.39. The normalized spacial score (nSPS) is 25.7. The summed E-state index contributed by atoms with van der Waals surface area (Å²) < 4.78 is 22.9. The highest BCUT2D eigenvalue weighted by atomic mass is 32.2. The van der Waals surface area contributed by atoms with E-state index in [0.717, 1.165) is 12.8 Å². The van der Waals surface area contributed by atoms with E-state index in [4.69, 9.17) is 0 Å². The summed E-state index contributed by atoms with van der Waals surface area (Å²) in [6.07, 6.45) is 1.97. The lowest BCUT2D eigenvalue weighted by Crippen LogP contribution is -2.46. The number of hydrogen-bond acceptors (Lipinski definition) is 4. The van der Waals surface area contributed by atoms with Gasteiger partial charge in [-0.1, -0.05) is 38.1 Å². The van der Waals surface area contributed by atoms with Gasteiger partial charge in [-0.25, -0.2) is 8.42 Å². The Morgan fingerprint density at radius 3 is 2.62 bits per heavy atom. The third-order valence-corrected chi connectivity index (χ3v) is 6.87. The quantitative estimate of drug-likeness (QED) is 0.900. The first-order chi connectivity index (χ1) is 11.3. The third kappa shape index (κ3) is 3.81. The summed E-state index contributed by atoms with van der Waals surface area (Å²) in [5.74, 6) is 0.287. The number of carbonyl (C=O) groups is 1. The summed E-state index contributed by atoms with van der Waals surface area (Å²) in [5, 5.41) is 3.15. The number of rotatable bonds is 3. The fourth-order valence-electron chi connectivity index (χ4n) is 3.71. The molecule has 1 aliphatic heterocycles. The number of carbonyl (C=O) groups excluding carboxylic acids is 1. The molecule has 24 heavy (non-hydrogen) atoms. The maximum Gasteiger partial charge on any atom is 0.234 e. The van der Waals surface area contributed by atoms with Crippen LogP contribution in [0.25, 0.3) is 0 Å². The van der Waals surface area contributed by atoms with Crippen molar-refractivity contribution in [2.45, 2.75) is 38.1 Å². The molecule has 132 valence electrons. The van der Waals surface area contributed by atoms with Gasteiger partial charge in [0.1, 0.15) is 0 Å². The zero-order valence-electron chi connectivity index (χ0n) is 14.4. The van der Waals surface area contributed by atoms with Crippen LogP contribution < -0.4 is 5.32 Å². The molecule has 1 aromatic rings. The third-order valence-electron chi connectivity index (χ3n) is 5.26. The molecule has 0 saturated carbocycles. The van der Waals surface area contributed by atoms with Crippen molar-refractivity contribution in [1.82, 2.24) is 10.2 Å². The zero-order valence-corrected chi connectivity index (χ0v) is 15.2. The van der Waals surface area contributed by atoms with Crippen LogP contribution in [-0.2, 0) is 20.0 Å². The van der Waals surface area contributed by atoms with Gasteiger partial charge in [0, 0.05) is 13.1 Å². The molecule has 1 atom stereocenters. The highest BCUT2D eigenvalue weighted by molar-refractivity contribution is 7.91. The van der Waals surface area contributed by atoms with Gasteiger partial charge >= 0.3 is 0 Å². The molecule has 0 spiro atoms. The highest BCUT2D eigenvalue weighted by Gasteiger charge is 2.33. The largest absolute Gasteiger partial charge is 0.348 e. The van der Waals surface area contributed by atoms with Crippen LogP contribution in [0.4, 0.5) is 0 Å². The molecule has 6 heteroatoms. The highest BCUT2D eigenvalue weighted by Crippen LogP contribution is 2.41. The lowest BCUT2D eigenvalue weighted by molar-refractivity contribution is -0.123. The predicted molar refractivity (Wildman–Crippen MR) is 94.7 cm³/mol. The fraction of sp³-hybridized carbons (Fsp3) is 0.611. The monoisotopic (exact) mass is 350 g/mol. The fourth-order valence-corrected chi connectivity index (χ4v) is 4.99. The summed E-state index contributed by atoms with van der Waals surface area (Å²) in [4.78, 5) is 14.3. The van der Waals surface area contributed by atoms with E-state index < -0.39 is 9.84 Å². The number of hydrogen-bond donors (Lipinski definition) is 1. The van der Waals surface area contributed by atoms with Gasteiger partial charge in [-0.2, -0.15) is 0 Å². The van der Waals surface area contributed by atoms with E-state index in [1.54, 1.807) is 0 Å². The Balaban J connectivity index is 1.63. The van der Waals surface area contributed by atoms with Crippen LogP contribution >= 0.6 is 0 Å². The molecule has 5 nitrogen and oxygen atoms in total. The molecule has 0 unspecified atom stereocenters. The lowest BCUT2D eigenvalue weighted by atomic mass is 9.71. The Bertz CT molecular complexity index is 714. The van der Waals surface area contributed by atoms with E-state index in [1.807, 2.05) is 11.0 Å². The topological polar surface area (TPSA) is 66.5 Å². The molecule has 1 N–H and O–H groups in total. The van der Waals surface area contributed by atoms with Gasteiger partial charge in [0.15, 0.2) is 9.84 Å². The van der Waals surface area contributed by atoms with Gasteiger partial charge in [-0.05, 0) is 29.4 Å². The first kappa shape index (κ1) is 17.4. The first-order valence-electron chi connectivity index (χ1n) is 8.58. The Morgan fingerprint density at radius 2 is 1.92 bits per heavy atom. The van der Waals surface area contributed by atoms with E-state index in [9.17, 15) is 13.2 Å². The molecule has 2 aliphatic rings. The van der Waals surface area contributed by atoms with Crippen LogP contribution in [0.1, 0.15) is 43.9 Å². The van der Waals surface area contributed by atoms with Gasteiger partial charge in [-0.15, -0.1) is 0 Å². The average Bonchev–Trinajstić information content (AvgIpc) is 2.53. The van der Waals surface area contributed by atoms with Crippen LogP contribution in [0, 0.1) is 0 Å². The van der Waals surface area contributed by atoms with Gasteiger partial charge in [0.2, 0.25) is 5.91 Å². The summed E-state index contributed by atoms with van der Waals surface area (Å²) in [7, 11) is -2.91. The van der Waals surface area contributed by atoms with Crippen LogP contribution in [0.5, 0.6) is 0 Å². The van der Waals surface area contributed by atoms with Crippen LogP contribution in [0.15, 0.2) is 24.3 Å². The van der Waals surface area contributed by atoms with Gasteiger partial charge < -0.3 is 5.32 Å². The molecule has 0 radical (unpaired) electrons. The van der Waals surface area contributed by atoms with E-state index in [0.29, 0.717) is 13.1 Å². The molecule has 1 aliphatic carbocycles. The number of nitrogens with zero attached hydrogens (tertiary/aromatic N) is 1. The molecule has 1 saturated heterocycles. The lowest BCUT2D eigenvalue weighted by Gasteiger charge is -2.37. The van der Waals surface area contributed by atoms with Crippen molar-refractivity contribution in [1.29, 1.82) is 0 Å². The number of sulfone groups is 1. The molecule has 0 aromatic heterocycles. The van der Waals surface area contributed by atoms with Crippen molar-refractivity contribution in [3.05, 3.63) is 35.4 Å². The van der Waals surface area contributed by atoms with E-state index in [-0.39, 0.29) is 35.4 Å². The number of amides is 1. The molecule has 1 heterocycles. The Morgan fingerprint density at radius 1 is 1.25 bits per heavy atom. The minimum Gasteiger partial charge on any atom is -0.348 e. The van der Waals surface area contributed by atoms with Crippen molar-refractivity contribution < 1.29 is 13.2 Å². The van der Waals surface area contributed by atoms with Crippen LogP contribution in [0.3, 0.4) is 0 Å². The van der Waals surface area contributed by atoms with Gasteiger partial charge in [-0.3, -0.25) is 9.69 Å². The summed E-state index contributed by atoms with van der Waals surface area (Å²) >= 11 is 0. The van der Waals surface area contributed by atoms with E-state index in [1.165, 1.54) is 11.1 Å². The number of fused-ring (bicyclic) bond motifs is 1. The predicted octanol–water partition coefficient (Wildman–Crippen LogP) is 1.65. The maximum atomic E-state index is 12.4. The van der Waals surface area contributed by atoms with Gasteiger partial charge in [0.25, 0.3) is 0 Å². The molecular formula is C18H26N2O3S. The molecule has 1 fully saturated rings.